The van der Waals surface area contributed by atoms with Crippen molar-refractivity contribution >= 4 is 0 Å². The van der Waals surface area contributed by atoms with E-state index in [9.17, 15) is 5.11 Å². The maximum absolute atomic E-state index is 10.6. The zero-order chi connectivity index (χ0) is 11.9. The maximum atomic E-state index is 10.6. The van der Waals surface area contributed by atoms with Crippen molar-refractivity contribution in [2.24, 2.45) is 11.3 Å². The second-order valence-electron chi connectivity index (χ2n) is 6.27. The van der Waals surface area contributed by atoms with Crippen LogP contribution < -0.4 is 0 Å². The first-order valence-corrected chi connectivity index (χ1v) is 7.12. The van der Waals surface area contributed by atoms with E-state index in [4.69, 9.17) is 9.47 Å². The third kappa shape index (κ3) is 1.92. The Morgan fingerprint density at radius 1 is 1.18 bits per heavy atom. The van der Waals surface area contributed by atoms with Crippen LogP contribution in [0.5, 0.6) is 0 Å². The standard InChI is InChI=1S/C14H24O3/c1-13(12(15)10-11-4-5-11)6-2-3-7-14(13)16-8-9-17-14/h11-12,15H,2-10H2,1H3/t12-,13+/m1/s1. The highest BCUT2D eigenvalue weighted by atomic mass is 16.7. The van der Waals surface area contributed by atoms with Gasteiger partial charge in [-0.15, -0.1) is 0 Å². The summed E-state index contributed by atoms with van der Waals surface area (Å²) in [7, 11) is 0. The summed E-state index contributed by atoms with van der Waals surface area (Å²) in [5.41, 5.74) is -0.204. The molecule has 2 aliphatic carbocycles. The molecule has 0 amide bonds. The fourth-order valence-corrected chi connectivity index (χ4v) is 3.60. The summed E-state index contributed by atoms with van der Waals surface area (Å²) in [6.07, 6.45) is 7.58. The molecule has 1 N–H and O–H groups in total. The van der Waals surface area contributed by atoms with Gasteiger partial charge in [0.15, 0.2) is 5.79 Å². The van der Waals surface area contributed by atoms with Gasteiger partial charge in [0.05, 0.1) is 19.3 Å². The SMILES string of the molecule is C[C@@]1([C@H](O)CC2CC2)CCCCC12OCCO2. The van der Waals surface area contributed by atoms with E-state index in [1.54, 1.807) is 0 Å². The number of aliphatic hydroxyl groups excluding tert-OH is 1. The van der Waals surface area contributed by atoms with Crippen molar-refractivity contribution in [1.29, 1.82) is 0 Å². The Balaban J connectivity index is 1.79. The summed E-state index contributed by atoms with van der Waals surface area (Å²) in [4.78, 5) is 0. The average Bonchev–Trinajstić information content (AvgIpc) is 3.01. The molecule has 0 aromatic carbocycles. The lowest BCUT2D eigenvalue weighted by molar-refractivity contribution is -0.277. The van der Waals surface area contributed by atoms with Gasteiger partial charge in [0, 0.05) is 11.8 Å². The molecule has 3 heteroatoms. The van der Waals surface area contributed by atoms with Crippen molar-refractivity contribution in [3.8, 4) is 0 Å². The van der Waals surface area contributed by atoms with Crippen molar-refractivity contribution in [3.63, 3.8) is 0 Å². The Hall–Kier alpha value is -0.120. The molecule has 17 heavy (non-hydrogen) atoms. The first-order chi connectivity index (χ1) is 8.16. The Morgan fingerprint density at radius 2 is 1.82 bits per heavy atom. The highest BCUT2D eigenvalue weighted by Gasteiger charge is 2.57. The van der Waals surface area contributed by atoms with Gasteiger partial charge < -0.3 is 14.6 Å². The van der Waals surface area contributed by atoms with Crippen LogP contribution in [0.1, 0.15) is 51.9 Å². The summed E-state index contributed by atoms with van der Waals surface area (Å²) in [5, 5.41) is 10.6. The normalized spacial score (nSPS) is 38.5. The van der Waals surface area contributed by atoms with Crippen LogP contribution in [-0.4, -0.2) is 30.2 Å². The van der Waals surface area contributed by atoms with Crippen LogP contribution in [0.4, 0.5) is 0 Å². The Kier molecular flexibility index (Phi) is 2.96. The molecular weight excluding hydrogens is 216 g/mol. The number of hydrogen-bond donors (Lipinski definition) is 1. The highest BCUT2D eigenvalue weighted by Crippen LogP contribution is 2.53. The van der Waals surface area contributed by atoms with Crippen molar-refractivity contribution in [3.05, 3.63) is 0 Å². The number of aliphatic hydroxyl groups is 1. The second-order valence-corrected chi connectivity index (χ2v) is 6.27. The molecule has 1 spiro atoms. The molecule has 3 aliphatic rings. The lowest BCUT2D eigenvalue weighted by Crippen LogP contribution is -2.56. The van der Waals surface area contributed by atoms with Crippen molar-refractivity contribution in [2.45, 2.75) is 63.8 Å². The molecule has 98 valence electrons. The van der Waals surface area contributed by atoms with Gasteiger partial charge in [-0.05, 0) is 25.2 Å². The molecule has 3 rings (SSSR count). The predicted molar refractivity (Wildman–Crippen MR) is 64.6 cm³/mol. The number of rotatable bonds is 3. The van der Waals surface area contributed by atoms with E-state index in [0.717, 1.165) is 31.6 Å². The van der Waals surface area contributed by atoms with Gasteiger partial charge in [-0.2, -0.15) is 0 Å². The van der Waals surface area contributed by atoms with Crippen LogP contribution in [0, 0.1) is 11.3 Å². The zero-order valence-corrected chi connectivity index (χ0v) is 10.8. The van der Waals surface area contributed by atoms with E-state index in [0.29, 0.717) is 13.2 Å². The third-order valence-corrected chi connectivity index (χ3v) is 5.06. The molecule has 0 aromatic heterocycles. The van der Waals surface area contributed by atoms with E-state index < -0.39 is 5.79 Å². The van der Waals surface area contributed by atoms with Crippen molar-refractivity contribution in [1.82, 2.24) is 0 Å². The molecule has 0 unspecified atom stereocenters. The molecule has 3 fully saturated rings. The van der Waals surface area contributed by atoms with Crippen LogP contribution in [-0.2, 0) is 9.47 Å². The van der Waals surface area contributed by atoms with Gasteiger partial charge >= 0.3 is 0 Å². The second kappa shape index (κ2) is 4.22. The summed E-state index contributed by atoms with van der Waals surface area (Å²) in [6, 6.07) is 0. The Labute approximate surface area is 103 Å². The fraction of sp³-hybridized carbons (Fsp3) is 1.00. The summed E-state index contributed by atoms with van der Waals surface area (Å²) >= 11 is 0. The minimum atomic E-state index is -0.487. The Morgan fingerprint density at radius 3 is 2.47 bits per heavy atom. The van der Waals surface area contributed by atoms with Crippen molar-refractivity contribution < 1.29 is 14.6 Å². The summed E-state index contributed by atoms with van der Waals surface area (Å²) in [5.74, 6) is 0.265. The molecule has 2 atom stereocenters. The van der Waals surface area contributed by atoms with Gasteiger partial charge in [0.1, 0.15) is 0 Å². The minimum absolute atomic E-state index is 0.204. The molecule has 3 nitrogen and oxygen atoms in total. The molecule has 0 radical (unpaired) electrons. The fourth-order valence-electron chi connectivity index (χ4n) is 3.60. The van der Waals surface area contributed by atoms with Crippen LogP contribution in [0.25, 0.3) is 0 Å². The van der Waals surface area contributed by atoms with E-state index in [1.807, 2.05) is 0 Å². The van der Waals surface area contributed by atoms with Gasteiger partial charge in [-0.1, -0.05) is 26.2 Å². The quantitative estimate of drug-likeness (QED) is 0.823. The Bertz CT molecular complexity index is 281. The molecule has 1 aliphatic heterocycles. The summed E-state index contributed by atoms with van der Waals surface area (Å²) < 4.78 is 11.9. The smallest absolute Gasteiger partial charge is 0.176 e. The lowest BCUT2D eigenvalue weighted by Gasteiger charge is -2.50. The van der Waals surface area contributed by atoms with Crippen LogP contribution in [0.2, 0.25) is 0 Å². The average molecular weight is 240 g/mol. The predicted octanol–water partition coefficient (Wildman–Crippen LogP) is 2.47. The largest absolute Gasteiger partial charge is 0.392 e. The van der Waals surface area contributed by atoms with E-state index in [2.05, 4.69) is 6.92 Å². The van der Waals surface area contributed by atoms with Gasteiger partial charge in [-0.25, -0.2) is 0 Å². The molecule has 1 saturated heterocycles. The van der Waals surface area contributed by atoms with E-state index in [-0.39, 0.29) is 11.5 Å². The van der Waals surface area contributed by atoms with E-state index >= 15 is 0 Å². The van der Waals surface area contributed by atoms with Gasteiger partial charge in [-0.3, -0.25) is 0 Å². The summed E-state index contributed by atoms with van der Waals surface area (Å²) in [6.45, 7) is 3.54. The molecule has 2 saturated carbocycles. The van der Waals surface area contributed by atoms with Crippen molar-refractivity contribution in [2.75, 3.05) is 13.2 Å². The lowest BCUT2D eigenvalue weighted by atomic mass is 9.66. The molecule has 0 bridgehead atoms. The molecule has 1 heterocycles. The minimum Gasteiger partial charge on any atom is -0.392 e. The topological polar surface area (TPSA) is 38.7 Å². The number of ether oxygens (including phenoxy) is 2. The van der Waals surface area contributed by atoms with E-state index in [1.165, 1.54) is 19.3 Å². The van der Waals surface area contributed by atoms with Gasteiger partial charge in [0.25, 0.3) is 0 Å². The monoisotopic (exact) mass is 240 g/mol. The van der Waals surface area contributed by atoms with Crippen LogP contribution in [0.15, 0.2) is 0 Å². The van der Waals surface area contributed by atoms with Gasteiger partial charge in [0.2, 0.25) is 0 Å². The third-order valence-electron chi connectivity index (χ3n) is 5.06. The highest BCUT2D eigenvalue weighted by molar-refractivity contribution is 5.01. The molecule has 0 aromatic rings. The first-order valence-electron chi connectivity index (χ1n) is 7.12. The first kappa shape index (κ1) is 11.9. The van der Waals surface area contributed by atoms with Crippen LogP contribution >= 0.6 is 0 Å². The maximum Gasteiger partial charge on any atom is 0.176 e. The van der Waals surface area contributed by atoms with Crippen LogP contribution in [0.3, 0.4) is 0 Å². The number of hydrogen-bond acceptors (Lipinski definition) is 3. The molecular formula is C14H24O3. The zero-order valence-electron chi connectivity index (χ0n) is 10.8.